The summed E-state index contributed by atoms with van der Waals surface area (Å²) in [6.45, 7) is 3.38. The Bertz CT molecular complexity index is 904. The molecular formula is C17H18N4O3S. The second kappa shape index (κ2) is 5.52. The summed E-state index contributed by atoms with van der Waals surface area (Å²) in [5.74, 6) is -0.540. The van der Waals surface area contributed by atoms with Gasteiger partial charge in [-0.3, -0.25) is 14.5 Å². The maximum atomic E-state index is 12.5. The van der Waals surface area contributed by atoms with Crippen LogP contribution in [0.1, 0.15) is 24.8 Å². The number of nitrogens with one attached hydrogen (secondary N) is 2. The zero-order valence-electron chi connectivity index (χ0n) is 14.0. The Labute approximate surface area is 148 Å². The molecule has 1 aliphatic heterocycles. The molecule has 1 saturated carbocycles. The number of thiazole rings is 1. The Morgan fingerprint density at radius 2 is 2.20 bits per heavy atom. The van der Waals surface area contributed by atoms with Gasteiger partial charge in [0.05, 0.1) is 15.2 Å². The molecule has 1 atom stereocenters. The number of aromatic nitrogens is 1. The van der Waals surface area contributed by atoms with Crippen LogP contribution in [-0.2, 0) is 9.59 Å². The molecule has 0 bridgehead atoms. The third-order valence-corrected chi connectivity index (χ3v) is 5.71. The van der Waals surface area contributed by atoms with Crippen molar-refractivity contribution < 1.29 is 14.4 Å². The van der Waals surface area contributed by atoms with Gasteiger partial charge < -0.3 is 10.6 Å². The fraction of sp³-hybridized carbons (Fsp3) is 0.412. The second-order valence-corrected chi connectivity index (χ2v) is 8.00. The molecule has 2 heterocycles. The van der Waals surface area contributed by atoms with Crippen molar-refractivity contribution in [2.45, 2.75) is 32.2 Å². The van der Waals surface area contributed by atoms with E-state index in [1.165, 1.54) is 0 Å². The molecule has 2 fully saturated rings. The maximum Gasteiger partial charge on any atom is 0.325 e. The van der Waals surface area contributed by atoms with Crippen molar-refractivity contribution >= 4 is 45.1 Å². The van der Waals surface area contributed by atoms with E-state index in [1.807, 2.05) is 19.1 Å². The van der Waals surface area contributed by atoms with Gasteiger partial charge in [-0.1, -0.05) is 0 Å². The number of nitrogens with zero attached hydrogens (tertiary/aromatic N) is 2. The lowest BCUT2D eigenvalue weighted by Gasteiger charge is -2.20. The van der Waals surface area contributed by atoms with Crippen LogP contribution in [0, 0.1) is 12.8 Å². The van der Waals surface area contributed by atoms with Crippen molar-refractivity contribution in [3.8, 4) is 0 Å². The van der Waals surface area contributed by atoms with Crippen LogP contribution in [0.5, 0.6) is 0 Å². The molecule has 2 aromatic rings. The number of rotatable bonds is 4. The fourth-order valence-electron chi connectivity index (χ4n) is 3.26. The molecule has 4 amide bonds. The Morgan fingerprint density at radius 1 is 1.44 bits per heavy atom. The first-order valence-electron chi connectivity index (χ1n) is 8.18. The highest BCUT2D eigenvalue weighted by atomic mass is 32.1. The van der Waals surface area contributed by atoms with Crippen LogP contribution < -0.4 is 10.6 Å². The van der Waals surface area contributed by atoms with E-state index in [1.54, 1.807) is 24.3 Å². The minimum atomic E-state index is -0.865. The normalized spacial score (nSPS) is 23.2. The van der Waals surface area contributed by atoms with Crippen LogP contribution >= 0.6 is 11.3 Å². The lowest BCUT2D eigenvalue weighted by molar-refractivity contribution is -0.134. The summed E-state index contributed by atoms with van der Waals surface area (Å²) >= 11 is 1.55. The third-order valence-electron chi connectivity index (χ3n) is 4.78. The molecule has 0 radical (unpaired) electrons. The first-order valence-corrected chi connectivity index (χ1v) is 8.99. The summed E-state index contributed by atoms with van der Waals surface area (Å²) < 4.78 is 0.978. The Kier molecular flexibility index (Phi) is 3.54. The molecule has 1 aliphatic carbocycles. The van der Waals surface area contributed by atoms with Crippen molar-refractivity contribution in [3.63, 3.8) is 0 Å². The van der Waals surface area contributed by atoms with Gasteiger partial charge in [-0.2, -0.15) is 0 Å². The monoisotopic (exact) mass is 358 g/mol. The van der Waals surface area contributed by atoms with Crippen LogP contribution in [-0.4, -0.2) is 39.8 Å². The number of carbonyl (C=O) groups excluding carboxylic acids is 3. The van der Waals surface area contributed by atoms with Gasteiger partial charge in [-0.05, 0) is 50.8 Å². The van der Waals surface area contributed by atoms with Crippen LogP contribution in [0.4, 0.5) is 10.5 Å². The molecule has 4 rings (SSSR count). The van der Waals surface area contributed by atoms with E-state index in [2.05, 4.69) is 15.6 Å². The zero-order chi connectivity index (χ0) is 17.8. The minimum absolute atomic E-state index is 0.175. The standard InChI is InChI=1S/C17H18N4O3S/c1-9-18-12-6-5-11(7-13(12)25-9)19-14(22)8-21-15(23)17(2,10-3-4-10)20-16(21)24/h5-7,10H,3-4,8H2,1-2H3,(H,19,22)(H,20,24)/t17-/m1/s1. The van der Waals surface area contributed by atoms with E-state index in [9.17, 15) is 14.4 Å². The summed E-state index contributed by atoms with van der Waals surface area (Å²) in [7, 11) is 0. The smallest absolute Gasteiger partial charge is 0.324 e. The highest BCUT2D eigenvalue weighted by Crippen LogP contribution is 2.42. The number of fused-ring (bicyclic) bond motifs is 1. The lowest BCUT2D eigenvalue weighted by atomic mass is 9.96. The molecule has 0 unspecified atom stereocenters. The molecular weight excluding hydrogens is 340 g/mol. The van der Waals surface area contributed by atoms with E-state index in [-0.39, 0.29) is 18.4 Å². The molecule has 2 aliphatic rings. The predicted octanol–water partition coefficient (Wildman–Crippen LogP) is 2.26. The van der Waals surface area contributed by atoms with Crippen molar-refractivity contribution in [2.75, 3.05) is 11.9 Å². The van der Waals surface area contributed by atoms with Crippen molar-refractivity contribution in [1.82, 2.24) is 15.2 Å². The summed E-state index contributed by atoms with van der Waals surface area (Å²) in [5, 5.41) is 6.44. The van der Waals surface area contributed by atoms with E-state index < -0.39 is 17.5 Å². The minimum Gasteiger partial charge on any atom is -0.324 e. The largest absolute Gasteiger partial charge is 0.325 e. The number of anilines is 1. The van der Waals surface area contributed by atoms with Crippen LogP contribution in [0.15, 0.2) is 18.2 Å². The van der Waals surface area contributed by atoms with Gasteiger partial charge in [0.2, 0.25) is 5.91 Å². The molecule has 8 heteroatoms. The predicted molar refractivity (Wildman–Crippen MR) is 94.4 cm³/mol. The molecule has 1 saturated heterocycles. The summed E-state index contributed by atoms with van der Waals surface area (Å²) in [5.41, 5.74) is 0.643. The molecule has 1 aromatic carbocycles. The number of imide groups is 1. The van der Waals surface area contributed by atoms with Crippen LogP contribution in [0.2, 0.25) is 0 Å². The number of aryl methyl sites for hydroxylation is 1. The first kappa shape index (κ1) is 16.0. The number of hydrogen-bond acceptors (Lipinski definition) is 5. The molecule has 2 N–H and O–H groups in total. The van der Waals surface area contributed by atoms with Crippen molar-refractivity contribution in [3.05, 3.63) is 23.2 Å². The molecule has 130 valence electrons. The van der Waals surface area contributed by atoms with E-state index in [0.717, 1.165) is 33.0 Å². The summed E-state index contributed by atoms with van der Waals surface area (Å²) in [6, 6.07) is 4.95. The summed E-state index contributed by atoms with van der Waals surface area (Å²) in [4.78, 5) is 42.3. The molecule has 0 spiro atoms. The van der Waals surface area contributed by atoms with E-state index >= 15 is 0 Å². The molecule has 7 nitrogen and oxygen atoms in total. The van der Waals surface area contributed by atoms with E-state index in [0.29, 0.717) is 5.69 Å². The Balaban J connectivity index is 1.46. The Morgan fingerprint density at radius 3 is 2.92 bits per heavy atom. The molecule has 25 heavy (non-hydrogen) atoms. The van der Waals surface area contributed by atoms with Gasteiger partial charge in [0.15, 0.2) is 0 Å². The number of hydrogen-bond donors (Lipinski definition) is 2. The van der Waals surface area contributed by atoms with Gasteiger partial charge in [-0.15, -0.1) is 11.3 Å². The maximum absolute atomic E-state index is 12.5. The quantitative estimate of drug-likeness (QED) is 0.820. The number of urea groups is 1. The Hall–Kier alpha value is -2.48. The van der Waals surface area contributed by atoms with Crippen molar-refractivity contribution in [1.29, 1.82) is 0 Å². The second-order valence-electron chi connectivity index (χ2n) is 6.76. The number of benzene rings is 1. The molecule has 1 aromatic heterocycles. The van der Waals surface area contributed by atoms with Gasteiger partial charge in [0, 0.05) is 5.69 Å². The van der Waals surface area contributed by atoms with Gasteiger partial charge in [0.1, 0.15) is 12.1 Å². The highest BCUT2D eigenvalue weighted by molar-refractivity contribution is 7.18. The fourth-order valence-corrected chi connectivity index (χ4v) is 4.12. The van der Waals surface area contributed by atoms with Gasteiger partial charge in [0.25, 0.3) is 5.91 Å². The zero-order valence-corrected chi connectivity index (χ0v) is 14.8. The van der Waals surface area contributed by atoms with Gasteiger partial charge >= 0.3 is 6.03 Å². The van der Waals surface area contributed by atoms with Crippen molar-refractivity contribution in [2.24, 2.45) is 5.92 Å². The lowest BCUT2D eigenvalue weighted by Crippen LogP contribution is -2.46. The van der Waals surface area contributed by atoms with Crippen LogP contribution in [0.25, 0.3) is 10.2 Å². The van der Waals surface area contributed by atoms with E-state index in [4.69, 9.17) is 0 Å². The number of amides is 4. The number of carbonyl (C=O) groups is 3. The highest BCUT2D eigenvalue weighted by Gasteiger charge is 2.56. The topological polar surface area (TPSA) is 91.4 Å². The van der Waals surface area contributed by atoms with Gasteiger partial charge in [-0.25, -0.2) is 9.78 Å². The third kappa shape index (κ3) is 2.76. The summed E-state index contributed by atoms with van der Waals surface area (Å²) in [6.07, 6.45) is 1.85. The van der Waals surface area contributed by atoms with Crippen LogP contribution in [0.3, 0.4) is 0 Å². The first-order chi connectivity index (χ1) is 11.9. The average molecular weight is 358 g/mol. The average Bonchev–Trinajstić information content (AvgIpc) is 3.30. The SMILES string of the molecule is Cc1nc2ccc(NC(=O)CN3C(=O)N[C@](C)(C4CC4)C3=O)cc2s1.